The van der Waals surface area contributed by atoms with Crippen LogP contribution >= 0.6 is 0 Å². The largest absolute Gasteiger partial charge is 0.490 e. The number of nitrogens with zero attached hydrogens (tertiary/aromatic N) is 5. The van der Waals surface area contributed by atoms with Crippen molar-refractivity contribution >= 4 is 29.8 Å². The molecule has 5 heterocycles. The molecule has 332 valence electrons. The predicted molar refractivity (Wildman–Crippen MR) is 175 cm³/mol. The van der Waals surface area contributed by atoms with Gasteiger partial charge in [0.2, 0.25) is 5.91 Å². The Morgan fingerprint density at radius 3 is 1.51 bits per heavy atom. The molecule has 0 aliphatic carbocycles. The average molecular weight is 876 g/mol. The van der Waals surface area contributed by atoms with Gasteiger partial charge in [-0.3, -0.25) is 19.7 Å². The standard InChI is InChI=1S/C25H33N5O.4C2HF3O2/c31-24-25(8-4-14-30(24)16-15-28-12-1-2-13-28)20-29(18-21-6-10-26-11-7-21)19-23(25)22-5-3-9-27-17-22;4*3-2(4,5)1(6)7/h3,5-7,9-11,17,23H,1-2,4,8,12-16,18-20H2;4*(H,6,7). The number of rotatable bonds is 6. The number of pyridine rings is 2. The molecule has 0 radical (unpaired) electrons. The normalized spacial score (nSPS) is 19.8. The number of amides is 1. The van der Waals surface area contributed by atoms with Crippen LogP contribution in [0.5, 0.6) is 0 Å². The molecule has 3 aliphatic rings. The Balaban J connectivity index is 0.000000505. The first kappa shape index (κ1) is 51.7. The summed E-state index contributed by atoms with van der Waals surface area (Å²) in [7, 11) is 0. The molecule has 59 heavy (non-hydrogen) atoms. The molecule has 1 spiro atoms. The van der Waals surface area contributed by atoms with Crippen molar-refractivity contribution in [3.63, 3.8) is 0 Å². The zero-order valence-corrected chi connectivity index (χ0v) is 30.3. The van der Waals surface area contributed by atoms with Gasteiger partial charge in [-0.1, -0.05) is 6.07 Å². The van der Waals surface area contributed by atoms with Gasteiger partial charge in [0.25, 0.3) is 0 Å². The van der Waals surface area contributed by atoms with Crippen LogP contribution in [0, 0.1) is 5.41 Å². The number of carboxylic acid groups (broad SMARTS) is 4. The maximum absolute atomic E-state index is 14.0. The molecule has 0 saturated carbocycles. The third-order valence-corrected chi connectivity index (χ3v) is 8.47. The van der Waals surface area contributed by atoms with Crippen molar-refractivity contribution in [2.45, 2.75) is 62.9 Å². The number of carbonyl (C=O) groups excluding carboxylic acids is 1. The van der Waals surface area contributed by atoms with Crippen molar-refractivity contribution in [1.29, 1.82) is 0 Å². The lowest BCUT2D eigenvalue weighted by atomic mass is 9.69. The highest BCUT2D eigenvalue weighted by atomic mass is 19.4. The number of halogens is 12. The smallest absolute Gasteiger partial charge is 0.475 e. The second-order valence-electron chi connectivity index (χ2n) is 12.7. The van der Waals surface area contributed by atoms with Crippen molar-refractivity contribution in [3.8, 4) is 0 Å². The van der Waals surface area contributed by atoms with Crippen molar-refractivity contribution in [2.24, 2.45) is 5.41 Å². The first-order valence-corrected chi connectivity index (χ1v) is 16.8. The van der Waals surface area contributed by atoms with E-state index in [1.54, 1.807) is 0 Å². The van der Waals surface area contributed by atoms with Gasteiger partial charge in [-0.15, -0.1) is 0 Å². The Morgan fingerprint density at radius 2 is 1.10 bits per heavy atom. The Morgan fingerprint density at radius 1 is 0.644 bits per heavy atom. The van der Waals surface area contributed by atoms with E-state index in [1.807, 2.05) is 30.9 Å². The first-order valence-electron chi connectivity index (χ1n) is 16.8. The third kappa shape index (κ3) is 18.0. The summed E-state index contributed by atoms with van der Waals surface area (Å²) in [6.45, 7) is 7.75. The zero-order chi connectivity index (χ0) is 45.4. The lowest BCUT2D eigenvalue weighted by molar-refractivity contribution is -0.193. The number of carbonyl (C=O) groups is 5. The fourth-order valence-corrected chi connectivity index (χ4v) is 5.94. The Hall–Kier alpha value is -5.27. The van der Waals surface area contributed by atoms with Crippen LogP contribution in [0.1, 0.15) is 42.7 Å². The molecule has 4 N–H and O–H groups in total. The van der Waals surface area contributed by atoms with E-state index in [0.29, 0.717) is 5.91 Å². The molecule has 2 atom stereocenters. The van der Waals surface area contributed by atoms with Crippen LogP contribution < -0.4 is 0 Å². The fourth-order valence-electron chi connectivity index (χ4n) is 5.94. The summed E-state index contributed by atoms with van der Waals surface area (Å²) >= 11 is 0. The molecule has 14 nitrogen and oxygen atoms in total. The van der Waals surface area contributed by atoms with Gasteiger partial charge in [0.1, 0.15) is 0 Å². The van der Waals surface area contributed by atoms with Crippen LogP contribution in [0.4, 0.5) is 52.7 Å². The number of alkyl halides is 12. The molecular weight excluding hydrogens is 838 g/mol. The Labute approximate surface area is 326 Å². The SMILES string of the molecule is O=C(O)C(F)(F)F.O=C(O)C(F)(F)F.O=C(O)C(F)(F)F.O=C(O)C(F)(F)F.O=C1N(CCN2CCCC2)CCCC12CN(Cc1ccncc1)CC2c1cccnc1. The molecule has 26 heteroatoms. The number of aliphatic carboxylic acids is 4. The minimum atomic E-state index is -5.08. The Bertz CT molecular complexity index is 1560. The van der Waals surface area contributed by atoms with Gasteiger partial charge in [0.15, 0.2) is 0 Å². The number of piperidine rings is 1. The van der Waals surface area contributed by atoms with Crippen molar-refractivity contribution in [1.82, 2.24) is 24.7 Å². The molecule has 3 aliphatic heterocycles. The molecule has 3 saturated heterocycles. The summed E-state index contributed by atoms with van der Waals surface area (Å²) in [5, 5.41) is 28.5. The number of likely N-dealkylation sites (tertiary alicyclic amines) is 3. The summed E-state index contributed by atoms with van der Waals surface area (Å²) in [6, 6.07) is 8.32. The van der Waals surface area contributed by atoms with Crippen molar-refractivity contribution in [3.05, 3.63) is 60.2 Å². The second-order valence-corrected chi connectivity index (χ2v) is 12.7. The molecule has 2 aromatic heterocycles. The van der Waals surface area contributed by atoms with Crippen LogP contribution in [-0.2, 0) is 30.5 Å². The average Bonchev–Trinajstić information content (AvgIpc) is 3.78. The molecule has 0 aromatic carbocycles. The highest BCUT2D eigenvalue weighted by Gasteiger charge is 2.55. The van der Waals surface area contributed by atoms with Crippen molar-refractivity contribution in [2.75, 3.05) is 45.8 Å². The van der Waals surface area contributed by atoms with Gasteiger partial charge in [0, 0.05) is 70.0 Å². The minimum absolute atomic E-state index is 0.199. The second kappa shape index (κ2) is 22.2. The lowest BCUT2D eigenvalue weighted by Crippen LogP contribution is -2.53. The quantitative estimate of drug-likeness (QED) is 0.272. The highest BCUT2D eigenvalue weighted by molar-refractivity contribution is 5.85. The van der Waals surface area contributed by atoms with Crippen LogP contribution in [-0.4, -0.2) is 145 Å². The topological polar surface area (TPSA) is 202 Å². The molecule has 0 bridgehead atoms. The van der Waals surface area contributed by atoms with E-state index in [4.69, 9.17) is 39.6 Å². The maximum Gasteiger partial charge on any atom is 0.490 e. The molecule has 3 fully saturated rings. The number of carboxylic acids is 4. The van der Waals surface area contributed by atoms with E-state index in [-0.39, 0.29) is 11.3 Å². The van der Waals surface area contributed by atoms with Gasteiger partial charge in [-0.05, 0) is 68.1 Å². The van der Waals surface area contributed by atoms with E-state index < -0.39 is 48.6 Å². The molecule has 2 unspecified atom stereocenters. The van der Waals surface area contributed by atoms with Gasteiger partial charge < -0.3 is 30.2 Å². The number of hydrogen-bond acceptors (Lipinski definition) is 9. The van der Waals surface area contributed by atoms with E-state index in [2.05, 4.69) is 42.9 Å². The fraction of sp³-hybridized carbons (Fsp3) is 0.545. The highest BCUT2D eigenvalue weighted by Crippen LogP contribution is 2.49. The number of hydrogen-bond donors (Lipinski definition) is 4. The summed E-state index contributed by atoms with van der Waals surface area (Å²) in [6.07, 6.45) is -8.18. The molecule has 5 rings (SSSR count). The lowest BCUT2D eigenvalue weighted by Gasteiger charge is -2.43. The van der Waals surface area contributed by atoms with E-state index in [9.17, 15) is 57.5 Å². The van der Waals surface area contributed by atoms with Gasteiger partial charge in [-0.25, -0.2) is 19.2 Å². The Kier molecular flexibility index (Phi) is 19.5. The van der Waals surface area contributed by atoms with E-state index in [0.717, 1.165) is 52.1 Å². The summed E-state index contributed by atoms with van der Waals surface area (Å²) < 4.78 is 127. The van der Waals surface area contributed by atoms with E-state index >= 15 is 0 Å². The van der Waals surface area contributed by atoms with Gasteiger partial charge in [-0.2, -0.15) is 52.7 Å². The van der Waals surface area contributed by atoms with E-state index in [1.165, 1.54) is 37.1 Å². The summed E-state index contributed by atoms with van der Waals surface area (Å²) in [5.41, 5.74) is 2.12. The van der Waals surface area contributed by atoms with Crippen molar-refractivity contribution < 1.29 is 97.1 Å². The number of aromatic nitrogens is 2. The molecular formula is C33H37F12N5O9. The molecule has 2 aromatic rings. The minimum Gasteiger partial charge on any atom is -0.475 e. The third-order valence-electron chi connectivity index (χ3n) is 8.47. The maximum atomic E-state index is 14.0. The van der Waals surface area contributed by atoms with Crippen LogP contribution in [0.3, 0.4) is 0 Å². The monoisotopic (exact) mass is 875 g/mol. The summed E-state index contributed by atoms with van der Waals surface area (Å²) in [4.78, 5) is 65.3. The molecule has 1 amide bonds. The van der Waals surface area contributed by atoms with Gasteiger partial charge >= 0.3 is 48.6 Å². The van der Waals surface area contributed by atoms with Gasteiger partial charge in [0.05, 0.1) is 5.41 Å². The van der Waals surface area contributed by atoms with Crippen LogP contribution in [0.25, 0.3) is 0 Å². The van der Waals surface area contributed by atoms with Crippen LogP contribution in [0.2, 0.25) is 0 Å². The first-order chi connectivity index (χ1) is 27.0. The van der Waals surface area contributed by atoms with Crippen LogP contribution in [0.15, 0.2) is 49.1 Å². The predicted octanol–water partition coefficient (Wildman–Crippen LogP) is 5.31. The zero-order valence-electron chi connectivity index (χ0n) is 30.3. The summed E-state index contributed by atoms with van der Waals surface area (Å²) in [5.74, 6) is -10.5.